The molecular weight excluding hydrogens is 268 g/mol. The molecule has 4 unspecified atom stereocenters. The molecule has 1 saturated heterocycles. The maximum Gasteiger partial charge on any atom is 0.317 e. The lowest BCUT2D eigenvalue weighted by Crippen LogP contribution is -2.52. The van der Waals surface area contributed by atoms with Crippen molar-refractivity contribution in [1.82, 2.24) is 10.2 Å². The average molecular weight is 296 g/mol. The van der Waals surface area contributed by atoms with E-state index in [0.29, 0.717) is 18.3 Å². The number of piperidine rings is 1. The molecule has 1 saturated carbocycles. The van der Waals surface area contributed by atoms with Crippen LogP contribution in [0.2, 0.25) is 0 Å². The van der Waals surface area contributed by atoms with Crippen LogP contribution in [0.4, 0.5) is 4.79 Å². The lowest BCUT2D eigenvalue weighted by molar-refractivity contribution is -0.142. The van der Waals surface area contributed by atoms with E-state index < -0.39 is 11.9 Å². The van der Waals surface area contributed by atoms with Crippen molar-refractivity contribution in [1.29, 1.82) is 0 Å². The highest BCUT2D eigenvalue weighted by atomic mass is 16.4. The molecule has 1 aliphatic heterocycles. The van der Waals surface area contributed by atoms with Crippen molar-refractivity contribution < 1.29 is 14.7 Å². The molecule has 1 aliphatic carbocycles. The fraction of sp³-hybridized carbons (Fsp3) is 0.875. The summed E-state index contributed by atoms with van der Waals surface area (Å²) in [5.74, 6) is -0.175. The van der Waals surface area contributed by atoms with Crippen molar-refractivity contribution in [2.45, 2.75) is 58.4 Å². The van der Waals surface area contributed by atoms with E-state index in [0.717, 1.165) is 45.2 Å². The zero-order chi connectivity index (χ0) is 15.4. The summed E-state index contributed by atoms with van der Waals surface area (Å²) >= 11 is 0. The molecule has 2 aliphatic rings. The number of hydrogen-bond acceptors (Lipinski definition) is 2. The fourth-order valence-electron chi connectivity index (χ4n) is 3.85. The van der Waals surface area contributed by atoms with Crippen molar-refractivity contribution >= 4 is 12.0 Å². The predicted octanol–water partition coefficient (Wildman–Crippen LogP) is 2.71. The van der Waals surface area contributed by atoms with Gasteiger partial charge >= 0.3 is 12.0 Å². The summed E-state index contributed by atoms with van der Waals surface area (Å²) in [5.41, 5.74) is 0. The molecule has 120 valence electrons. The molecule has 2 amide bonds. The van der Waals surface area contributed by atoms with E-state index in [1.165, 1.54) is 0 Å². The Kier molecular flexibility index (Phi) is 5.48. The molecule has 0 spiro atoms. The Balaban J connectivity index is 1.97. The maximum atomic E-state index is 12.5. The van der Waals surface area contributed by atoms with Gasteiger partial charge in [-0.3, -0.25) is 4.79 Å². The number of hydrogen-bond donors (Lipinski definition) is 2. The van der Waals surface area contributed by atoms with Gasteiger partial charge in [0.1, 0.15) is 0 Å². The zero-order valence-corrected chi connectivity index (χ0v) is 13.2. The molecule has 5 heteroatoms. The Morgan fingerprint density at radius 3 is 2.29 bits per heavy atom. The second-order valence-corrected chi connectivity index (χ2v) is 6.99. The first-order chi connectivity index (χ1) is 9.97. The Morgan fingerprint density at radius 2 is 1.67 bits per heavy atom. The Morgan fingerprint density at radius 1 is 1.05 bits per heavy atom. The van der Waals surface area contributed by atoms with E-state index in [4.69, 9.17) is 0 Å². The number of carboxylic acid groups (broad SMARTS) is 1. The normalized spacial score (nSPS) is 34.1. The minimum absolute atomic E-state index is 0.0773. The van der Waals surface area contributed by atoms with Crippen LogP contribution in [0, 0.1) is 17.8 Å². The van der Waals surface area contributed by atoms with Gasteiger partial charge in [-0.2, -0.15) is 0 Å². The topological polar surface area (TPSA) is 69.6 Å². The molecule has 0 aromatic carbocycles. The fourth-order valence-corrected chi connectivity index (χ4v) is 3.85. The molecule has 0 radical (unpaired) electrons. The number of rotatable bonds is 2. The highest BCUT2D eigenvalue weighted by molar-refractivity contribution is 5.77. The third-order valence-corrected chi connectivity index (χ3v) is 4.80. The summed E-state index contributed by atoms with van der Waals surface area (Å²) < 4.78 is 0. The summed E-state index contributed by atoms with van der Waals surface area (Å²) in [5, 5.41) is 12.4. The molecule has 2 N–H and O–H groups in total. The lowest BCUT2D eigenvalue weighted by atomic mass is 9.92. The molecule has 5 nitrogen and oxygen atoms in total. The first-order valence-electron chi connectivity index (χ1n) is 8.25. The van der Waals surface area contributed by atoms with Crippen molar-refractivity contribution in [3.05, 3.63) is 0 Å². The molecule has 0 aromatic rings. The van der Waals surface area contributed by atoms with Gasteiger partial charge in [0.15, 0.2) is 0 Å². The summed E-state index contributed by atoms with van der Waals surface area (Å²) in [6.45, 7) is 5.89. The van der Waals surface area contributed by atoms with Crippen molar-refractivity contribution in [3.8, 4) is 0 Å². The van der Waals surface area contributed by atoms with Gasteiger partial charge in [0.25, 0.3) is 0 Å². The van der Waals surface area contributed by atoms with Gasteiger partial charge < -0.3 is 15.3 Å². The number of nitrogens with one attached hydrogen (secondary N) is 1. The van der Waals surface area contributed by atoms with Crippen LogP contribution < -0.4 is 5.32 Å². The number of nitrogens with zero attached hydrogens (tertiary/aromatic N) is 1. The second kappa shape index (κ2) is 7.14. The van der Waals surface area contributed by atoms with Gasteiger partial charge in [-0.25, -0.2) is 4.79 Å². The Labute approximate surface area is 127 Å². The summed E-state index contributed by atoms with van der Waals surface area (Å²) in [7, 11) is 0. The average Bonchev–Trinajstić information content (AvgIpc) is 2.63. The summed E-state index contributed by atoms with van der Waals surface area (Å²) in [6, 6.07) is -0.295. The van der Waals surface area contributed by atoms with Crippen molar-refractivity contribution in [2.24, 2.45) is 17.8 Å². The molecule has 21 heavy (non-hydrogen) atoms. The number of amides is 2. The van der Waals surface area contributed by atoms with E-state index in [-0.39, 0.29) is 12.1 Å². The molecule has 1 heterocycles. The van der Waals surface area contributed by atoms with Crippen LogP contribution >= 0.6 is 0 Å². The van der Waals surface area contributed by atoms with Crippen LogP contribution in [0.25, 0.3) is 0 Å². The SMILES string of the molecule is CC1CC(C)CN(C(=O)NC2CCCCCC2C(=O)O)C1. The number of aliphatic carboxylic acids is 1. The first-order valence-corrected chi connectivity index (χ1v) is 8.25. The Hall–Kier alpha value is -1.26. The monoisotopic (exact) mass is 296 g/mol. The van der Waals surface area contributed by atoms with Gasteiger partial charge in [-0.1, -0.05) is 33.1 Å². The molecule has 2 fully saturated rings. The largest absolute Gasteiger partial charge is 0.481 e. The zero-order valence-electron chi connectivity index (χ0n) is 13.2. The van der Waals surface area contributed by atoms with Crippen LogP contribution in [0.5, 0.6) is 0 Å². The minimum atomic E-state index is -0.775. The molecule has 0 aromatic heterocycles. The van der Waals surface area contributed by atoms with Gasteiger partial charge in [-0.15, -0.1) is 0 Å². The number of carbonyl (C=O) groups is 2. The number of urea groups is 1. The van der Waals surface area contributed by atoms with Gasteiger partial charge in [-0.05, 0) is 31.1 Å². The third kappa shape index (κ3) is 4.35. The molecule has 0 bridgehead atoms. The second-order valence-electron chi connectivity index (χ2n) is 6.99. The van der Waals surface area contributed by atoms with Gasteiger partial charge in [0.05, 0.1) is 5.92 Å². The third-order valence-electron chi connectivity index (χ3n) is 4.80. The van der Waals surface area contributed by atoms with E-state index in [2.05, 4.69) is 19.2 Å². The van der Waals surface area contributed by atoms with Crippen LogP contribution in [0.3, 0.4) is 0 Å². The van der Waals surface area contributed by atoms with E-state index in [9.17, 15) is 14.7 Å². The number of carbonyl (C=O) groups excluding carboxylic acids is 1. The standard InChI is InChI=1S/C16H28N2O3/c1-11-8-12(2)10-18(9-11)16(21)17-14-7-5-3-4-6-13(14)15(19)20/h11-14H,3-10H2,1-2H3,(H,17,21)(H,19,20). The van der Waals surface area contributed by atoms with E-state index in [1.807, 2.05) is 4.90 Å². The predicted molar refractivity (Wildman–Crippen MR) is 81.0 cm³/mol. The minimum Gasteiger partial charge on any atom is -0.481 e. The van der Waals surface area contributed by atoms with E-state index >= 15 is 0 Å². The lowest BCUT2D eigenvalue weighted by Gasteiger charge is -2.36. The van der Waals surface area contributed by atoms with Crippen molar-refractivity contribution in [2.75, 3.05) is 13.1 Å². The number of likely N-dealkylation sites (tertiary alicyclic amines) is 1. The quantitative estimate of drug-likeness (QED) is 0.770. The summed E-state index contributed by atoms with van der Waals surface area (Å²) in [6.07, 6.45) is 5.62. The smallest absolute Gasteiger partial charge is 0.317 e. The van der Waals surface area contributed by atoms with E-state index in [1.54, 1.807) is 0 Å². The highest BCUT2D eigenvalue weighted by Gasteiger charge is 2.33. The highest BCUT2D eigenvalue weighted by Crippen LogP contribution is 2.25. The van der Waals surface area contributed by atoms with Crippen LogP contribution in [-0.4, -0.2) is 41.1 Å². The molecule has 2 rings (SSSR count). The van der Waals surface area contributed by atoms with Crippen LogP contribution in [0.15, 0.2) is 0 Å². The van der Waals surface area contributed by atoms with Gasteiger partial charge in [0.2, 0.25) is 0 Å². The van der Waals surface area contributed by atoms with Gasteiger partial charge in [0, 0.05) is 19.1 Å². The Bertz CT molecular complexity index is 376. The molecular formula is C16H28N2O3. The number of carboxylic acids is 1. The maximum absolute atomic E-state index is 12.5. The van der Waals surface area contributed by atoms with Crippen LogP contribution in [-0.2, 0) is 4.79 Å². The van der Waals surface area contributed by atoms with Crippen LogP contribution in [0.1, 0.15) is 52.4 Å². The first kappa shape index (κ1) is 16.1. The molecule has 4 atom stereocenters. The van der Waals surface area contributed by atoms with Crippen molar-refractivity contribution in [3.63, 3.8) is 0 Å². The summed E-state index contributed by atoms with van der Waals surface area (Å²) in [4.78, 5) is 25.7.